The Balaban J connectivity index is 1.75. The first-order chi connectivity index (χ1) is 8.48. The lowest BCUT2D eigenvalue weighted by Gasteiger charge is -2.28. The molecule has 0 bridgehead atoms. The van der Waals surface area contributed by atoms with Gasteiger partial charge in [0.2, 0.25) is 5.91 Å². The fourth-order valence-electron chi connectivity index (χ4n) is 2.68. The van der Waals surface area contributed by atoms with E-state index in [9.17, 15) is 18.7 Å². The van der Waals surface area contributed by atoms with Crippen molar-refractivity contribution in [1.29, 1.82) is 0 Å². The van der Waals surface area contributed by atoms with Crippen molar-refractivity contribution in [2.45, 2.75) is 50.2 Å². The predicted molar refractivity (Wildman–Crippen MR) is 62.3 cm³/mol. The highest BCUT2D eigenvalue weighted by Crippen LogP contribution is 2.26. The van der Waals surface area contributed by atoms with E-state index in [1.807, 2.05) is 0 Å². The van der Waals surface area contributed by atoms with Crippen molar-refractivity contribution in [2.24, 2.45) is 5.92 Å². The Hall–Kier alpha value is -0.750. The highest BCUT2D eigenvalue weighted by molar-refractivity contribution is 5.82. The molecule has 2 aliphatic rings. The molecule has 0 aromatic heterocycles. The highest BCUT2D eigenvalue weighted by atomic mass is 19.3. The van der Waals surface area contributed by atoms with Crippen molar-refractivity contribution >= 4 is 5.91 Å². The van der Waals surface area contributed by atoms with E-state index in [0.29, 0.717) is 6.54 Å². The molecule has 1 aliphatic heterocycles. The number of amides is 1. The van der Waals surface area contributed by atoms with E-state index >= 15 is 0 Å². The molecule has 0 spiro atoms. The van der Waals surface area contributed by atoms with Crippen molar-refractivity contribution in [1.82, 2.24) is 10.6 Å². The van der Waals surface area contributed by atoms with Crippen LogP contribution in [0.2, 0.25) is 0 Å². The Morgan fingerprint density at radius 2 is 2.11 bits per heavy atom. The van der Waals surface area contributed by atoms with Crippen LogP contribution in [0.4, 0.5) is 8.78 Å². The number of alkyl halides is 2. The lowest BCUT2D eigenvalue weighted by Crippen LogP contribution is -2.44. The summed E-state index contributed by atoms with van der Waals surface area (Å²) in [5.41, 5.74) is 0. The number of carbonyl (C=O) groups excluding carboxylic acids is 1. The largest absolute Gasteiger partial charge is 0.393 e. The number of rotatable bonds is 3. The summed E-state index contributed by atoms with van der Waals surface area (Å²) < 4.78 is 25.9. The zero-order valence-corrected chi connectivity index (χ0v) is 10.3. The molecule has 2 fully saturated rings. The maximum Gasteiger partial charge on any atom is 0.262 e. The van der Waals surface area contributed by atoms with Gasteiger partial charge in [0.25, 0.3) is 5.92 Å². The molecule has 6 heteroatoms. The Kier molecular flexibility index (Phi) is 4.17. The predicted octanol–water partition coefficient (Wildman–Crippen LogP) is 0.651. The molecule has 1 aliphatic carbocycles. The molecule has 3 unspecified atom stereocenters. The second-order valence-electron chi connectivity index (χ2n) is 5.35. The number of nitrogens with one attached hydrogen (secondary N) is 2. The molecule has 18 heavy (non-hydrogen) atoms. The van der Waals surface area contributed by atoms with E-state index < -0.39 is 24.9 Å². The summed E-state index contributed by atoms with van der Waals surface area (Å²) in [6.07, 6.45) is 2.90. The average Bonchev–Trinajstić information content (AvgIpc) is 2.68. The molecule has 3 atom stereocenters. The van der Waals surface area contributed by atoms with Gasteiger partial charge in [-0.1, -0.05) is 12.8 Å². The zero-order valence-electron chi connectivity index (χ0n) is 10.3. The summed E-state index contributed by atoms with van der Waals surface area (Å²) in [6, 6.07) is -0.805. The van der Waals surface area contributed by atoms with E-state index in [4.69, 9.17) is 0 Å². The number of aliphatic hydroxyl groups excluding tert-OH is 1. The molecule has 3 N–H and O–H groups in total. The molecule has 4 nitrogen and oxygen atoms in total. The summed E-state index contributed by atoms with van der Waals surface area (Å²) in [5.74, 6) is -3.11. The Labute approximate surface area is 105 Å². The maximum atomic E-state index is 12.9. The summed E-state index contributed by atoms with van der Waals surface area (Å²) in [7, 11) is 0. The van der Waals surface area contributed by atoms with Crippen LogP contribution in [0.25, 0.3) is 0 Å². The Morgan fingerprint density at radius 1 is 1.39 bits per heavy atom. The third-order valence-corrected chi connectivity index (χ3v) is 3.83. The first kappa shape index (κ1) is 13.7. The van der Waals surface area contributed by atoms with Gasteiger partial charge in [0.15, 0.2) is 0 Å². The summed E-state index contributed by atoms with van der Waals surface area (Å²) in [5, 5.41) is 14.9. The number of carbonyl (C=O) groups is 1. The standard InChI is InChI=1S/C12H20F2N2O2/c13-12(14)5-9(16-7-12)11(18)15-6-8-3-1-2-4-10(8)17/h8-10,16-17H,1-7H2,(H,15,18). The van der Waals surface area contributed by atoms with Gasteiger partial charge in [-0.2, -0.15) is 0 Å². The van der Waals surface area contributed by atoms with Crippen molar-refractivity contribution < 1.29 is 18.7 Å². The lowest BCUT2D eigenvalue weighted by molar-refractivity contribution is -0.123. The van der Waals surface area contributed by atoms with Gasteiger partial charge in [-0.05, 0) is 12.8 Å². The van der Waals surface area contributed by atoms with Crippen molar-refractivity contribution in [3.63, 3.8) is 0 Å². The third kappa shape index (κ3) is 3.38. The van der Waals surface area contributed by atoms with Crippen molar-refractivity contribution in [3.05, 3.63) is 0 Å². The molecule has 2 rings (SSSR count). The van der Waals surface area contributed by atoms with Gasteiger partial charge < -0.3 is 10.4 Å². The SMILES string of the molecule is O=C(NCC1CCCCC1O)C1CC(F)(F)CN1. The van der Waals surface area contributed by atoms with E-state index in [2.05, 4.69) is 10.6 Å². The van der Waals surface area contributed by atoms with E-state index in [-0.39, 0.29) is 17.9 Å². The number of hydrogen-bond donors (Lipinski definition) is 3. The quantitative estimate of drug-likeness (QED) is 0.700. The van der Waals surface area contributed by atoms with Crippen LogP contribution in [0, 0.1) is 5.92 Å². The number of aliphatic hydroxyl groups is 1. The topological polar surface area (TPSA) is 61.4 Å². The van der Waals surface area contributed by atoms with Gasteiger partial charge in [0.1, 0.15) is 0 Å². The van der Waals surface area contributed by atoms with Gasteiger partial charge in [0.05, 0.1) is 18.7 Å². The molecule has 1 heterocycles. The van der Waals surface area contributed by atoms with E-state index in [1.54, 1.807) is 0 Å². The second-order valence-corrected chi connectivity index (χ2v) is 5.35. The van der Waals surface area contributed by atoms with E-state index in [1.165, 1.54) is 0 Å². The van der Waals surface area contributed by atoms with Crippen LogP contribution in [0.15, 0.2) is 0 Å². The average molecular weight is 262 g/mol. The van der Waals surface area contributed by atoms with Crippen LogP contribution in [0.5, 0.6) is 0 Å². The number of hydrogen-bond acceptors (Lipinski definition) is 3. The summed E-state index contributed by atoms with van der Waals surface area (Å²) in [4.78, 5) is 11.7. The molecule has 0 radical (unpaired) electrons. The van der Waals surface area contributed by atoms with Crippen LogP contribution < -0.4 is 10.6 Å². The zero-order chi connectivity index (χ0) is 13.2. The fraction of sp³-hybridized carbons (Fsp3) is 0.917. The van der Waals surface area contributed by atoms with Gasteiger partial charge in [-0.3, -0.25) is 10.1 Å². The molecular formula is C12H20F2N2O2. The normalized spacial score (nSPS) is 35.4. The highest BCUT2D eigenvalue weighted by Gasteiger charge is 2.42. The molecule has 0 aromatic carbocycles. The second kappa shape index (κ2) is 5.48. The number of halogens is 2. The molecular weight excluding hydrogens is 242 g/mol. The minimum Gasteiger partial charge on any atom is -0.393 e. The molecule has 1 saturated carbocycles. The van der Waals surface area contributed by atoms with Gasteiger partial charge >= 0.3 is 0 Å². The smallest absolute Gasteiger partial charge is 0.262 e. The Morgan fingerprint density at radius 3 is 2.72 bits per heavy atom. The summed E-state index contributed by atoms with van der Waals surface area (Å²) in [6.45, 7) is -0.0547. The van der Waals surface area contributed by atoms with Crippen LogP contribution in [-0.4, -0.2) is 42.2 Å². The lowest BCUT2D eigenvalue weighted by atomic mass is 9.86. The molecule has 104 valence electrons. The minimum atomic E-state index is -2.79. The monoisotopic (exact) mass is 262 g/mol. The Bertz CT molecular complexity index is 312. The first-order valence-electron chi connectivity index (χ1n) is 6.55. The van der Waals surface area contributed by atoms with Gasteiger partial charge in [-0.25, -0.2) is 8.78 Å². The minimum absolute atomic E-state index is 0.0598. The first-order valence-corrected chi connectivity index (χ1v) is 6.55. The van der Waals surface area contributed by atoms with Crippen LogP contribution in [0.3, 0.4) is 0 Å². The van der Waals surface area contributed by atoms with Gasteiger partial charge in [-0.15, -0.1) is 0 Å². The molecule has 1 amide bonds. The van der Waals surface area contributed by atoms with Gasteiger partial charge in [0, 0.05) is 18.9 Å². The molecule has 0 aromatic rings. The van der Waals surface area contributed by atoms with Crippen molar-refractivity contribution in [3.8, 4) is 0 Å². The molecule has 1 saturated heterocycles. The van der Waals surface area contributed by atoms with Crippen LogP contribution in [0.1, 0.15) is 32.1 Å². The maximum absolute atomic E-state index is 12.9. The van der Waals surface area contributed by atoms with Crippen LogP contribution >= 0.6 is 0 Å². The fourth-order valence-corrected chi connectivity index (χ4v) is 2.68. The van der Waals surface area contributed by atoms with Crippen LogP contribution in [-0.2, 0) is 4.79 Å². The third-order valence-electron chi connectivity index (χ3n) is 3.83. The van der Waals surface area contributed by atoms with Crippen molar-refractivity contribution in [2.75, 3.05) is 13.1 Å². The summed E-state index contributed by atoms with van der Waals surface area (Å²) >= 11 is 0. The van der Waals surface area contributed by atoms with E-state index in [0.717, 1.165) is 25.7 Å².